The van der Waals surface area contributed by atoms with Crippen LogP contribution in [0.4, 0.5) is 0 Å². The average Bonchev–Trinajstić information content (AvgIpc) is 1.95. The van der Waals surface area contributed by atoms with E-state index in [0.717, 1.165) is 12.8 Å². The molecule has 3 nitrogen and oxygen atoms in total. The maximum atomic E-state index is 10.8. The second-order valence-corrected chi connectivity index (χ2v) is 4.09. The lowest BCUT2D eigenvalue weighted by Gasteiger charge is -2.22. The smallest absolute Gasteiger partial charge is 0.351 e. The predicted octanol–water partition coefficient (Wildman–Crippen LogP) is 2.14. The molecule has 0 atom stereocenters. The molecule has 0 amide bonds. The van der Waals surface area contributed by atoms with E-state index in [-0.39, 0.29) is 5.54 Å². The molecule has 0 bridgehead atoms. The minimum Gasteiger partial charge on any atom is -0.477 e. The van der Waals surface area contributed by atoms with Crippen LogP contribution in [0, 0.1) is 0 Å². The minimum absolute atomic E-state index is 0.196. The summed E-state index contributed by atoms with van der Waals surface area (Å²) in [6.45, 7) is 7.84. The van der Waals surface area contributed by atoms with Gasteiger partial charge in [-0.2, -0.15) is 0 Å². The summed E-state index contributed by atoms with van der Waals surface area (Å²) in [5, 5.41) is 11.8. The second kappa shape index (κ2) is 4.90. The summed E-state index contributed by atoms with van der Waals surface area (Å²) in [5.74, 6) is -0.886. The molecular formula is C10H19NO2. The molecule has 13 heavy (non-hydrogen) atoms. The van der Waals surface area contributed by atoms with Crippen LogP contribution in [0.25, 0.3) is 0 Å². The summed E-state index contributed by atoms with van der Waals surface area (Å²) < 4.78 is 0. The fraction of sp³-hybridized carbons (Fsp3) is 0.700. The number of aliphatic carboxylic acids is 1. The largest absolute Gasteiger partial charge is 0.477 e. The first-order chi connectivity index (χ1) is 5.87. The number of rotatable bonds is 4. The number of carbonyl (C=O) groups is 1. The number of carboxylic acid groups (broad SMARTS) is 1. The van der Waals surface area contributed by atoms with Gasteiger partial charge in [-0.25, -0.2) is 4.79 Å². The molecule has 0 saturated carbocycles. The predicted molar refractivity (Wildman–Crippen MR) is 53.5 cm³/mol. The summed E-state index contributed by atoms with van der Waals surface area (Å²) in [7, 11) is 0. The van der Waals surface area contributed by atoms with E-state index in [1.54, 1.807) is 6.08 Å². The zero-order valence-corrected chi connectivity index (χ0v) is 8.85. The number of nitrogens with one attached hydrogen (secondary N) is 1. The van der Waals surface area contributed by atoms with Crippen molar-refractivity contribution in [2.24, 2.45) is 0 Å². The van der Waals surface area contributed by atoms with Crippen LogP contribution in [-0.4, -0.2) is 16.6 Å². The molecule has 0 aliphatic carbocycles. The molecule has 2 N–H and O–H groups in total. The quantitative estimate of drug-likeness (QED) is 0.660. The van der Waals surface area contributed by atoms with Gasteiger partial charge in [0.15, 0.2) is 0 Å². The van der Waals surface area contributed by atoms with Crippen LogP contribution in [0.2, 0.25) is 0 Å². The van der Waals surface area contributed by atoms with E-state index in [9.17, 15) is 4.79 Å². The number of hydrogen-bond acceptors (Lipinski definition) is 2. The van der Waals surface area contributed by atoms with Crippen molar-refractivity contribution in [3.63, 3.8) is 0 Å². The lowest BCUT2D eigenvalue weighted by Crippen LogP contribution is -2.37. The number of hydrogen-bond donors (Lipinski definition) is 2. The number of unbranched alkanes of at least 4 members (excludes halogenated alkanes) is 1. The first-order valence-electron chi connectivity index (χ1n) is 4.58. The topological polar surface area (TPSA) is 49.3 Å². The highest BCUT2D eigenvalue weighted by Gasteiger charge is 2.15. The Morgan fingerprint density at radius 3 is 2.31 bits per heavy atom. The molecule has 0 rings (SSSR count). The van der Waals surface area contributed by atoms with E-state index >= 15 is 0 Å². The Bertz CT molecular complexity index is 201. The van der Waals surface area contributed by atoms with Gasteiger partial charge in [-0.1, -0.05) is 19.4 Å². The Labute approximate surface area is 79.8 Å². The van der Waals surface area contributed by atoms with Gasteiger partial charge in [0.2, 0.25) is 0 Å². The normalized spacial score (nSPS) is 12.8. The van der Waals surface area contributed by atoms with Gasteiger partial charge in [0.05, 0.1) is 0 Å². The molecular weight excluding hydrogens is 166 g/mol. The molecule has 76 valence electrons. The zero-order valence-electron chi connectivity index (χ0n) is 8.85. The van der Waals surface area contributed by atoms with Crippen molar-refractivity contribution in [1.29, 1.82) is 0 Å². The van der Waals surface area contributed by atoms with Gasteiger partial charge in [0.1, 0.15) is 5.70 Å². The Hall–Kier alpha value is -0.990. The van der Waals surface area contributed by atoms with Crippen LogP contribution in [0.5, 0.6) is 0 Å². The van der Waals surface area contributed by atoms with Gasteiger partial charge in [-0.05, 0) is 27.2 Å². The third-order valence-electron chi connectivity index (χ3n) is 1.38. The van der Waals surface area contributed by atoms with E-state index in [1.807, 2.05) is 27.7 Å². The summed E-state index contributed by atoms with van der Waals surface area (Å²) >= 11 is 0. The van der Waals surface area contributed by atoms with Crippen molar-refractivity contribution < 1.29 is 9.90 Å². The van der Waals surface area contributed by atoms with Crippen LogP contribution in [0.1, 0.15) is 40.5 Å². The van der Waals surface area contributed by atoms with Crippen LogP contribution >= 0.6 is 0 Å². The zero-order chi connectivity index (χ0) is 10.5. The van der Waals surface area contributed by atoms with Gasteiger partial charge in [-0.3, -0.25) is 0 Å². The van der Waals surface area contributed by atoms with Crippen molar-refractivity contribution >= 4 is 5.97 Å². The van der Waals surface area contributed by atoms with Crippen LogP contribution < -0.4 is 5.32 Å². The van der Waals surface area contributed by atoms with Gasteiger partial charge in [0.25, 0.3) is 0 Å². The molecule has 3 heteroatoms. The molecule has 0 heterocycles. The summed E-state index contributed by atoms with van der Waals surface area (Å²) in [4.78, 5) is 10.8. The molecule has 0 aromatic carbocycles. The van der Waals surface area contributed by atoms with Crippen LogP contribution in [0.15, 0.2) is 11.8 Å². The number of allylic oxidation sites excluding steroid dienone is 1. The van der Waals surface area contributed by atoms with E-state index in [2.05, 4.69) is 5.32 Å². The molecule has 0 aliphatic heterocycles. The maximum absolute atomic E-state index is 10.8. The highest BCUT2D eigenvalue weighted by atomic mass is 16.4. The van der Waals surface area contributed by atoms with Gasteiger partial charge < -0.3 is 10.4 Å². The average molecular weight is 185 g/mol. The Kier molecular flexibility index (Phi) is 4.52. The fourth-order valence-corrected chi connectivity index (χ4v) is 0.884. The SMILES string of the molecule is CCC/C=C(/NC(C)(C)C)C(=O)O. The lowest BCUT2D eigenvalue weighted by atomic mass is 10.1. The molecule has 0 aromatic rings. The molecule has 0 saturated heterocycles. The highest BCUT2D eigenvalue weighted by molar-refractivity contribution is 5.85. The first-order valence-corrected chi connectivity index (χ1v) is 4.58. The van der Waals surface area contributed by atoms with Crippen molar-refractivity contribution in [3.8, 4) is 0 Å². The lowest BCUT2D eigenvalue weighted by molar-refractivity contribution is -0.133. The van der Waals surface area contributed by atoms with E-state index < -0.39 is 5.97 Å². The minimum atomic E-state index is -0.886. The third kappa shape index (κ3) is 6.20. The standard InChI is InChI=1S/C10H19NO2/c1-5-6-7-8(9(12)13)11-10(2,3)4/h7,11H,5-6H2,1-4H3,(H,12,13)/b8-7+. The summed E-state index contributed by atoms with van der Waals surface area (Å²) in [5.41, 5.74) is 0.104. The molecule has 0 aliphatic rings. The Morgan fingerprint density at radius 1 is 1.46 bits per heavy atom. The Balaban J connectivity index is 4.36. The number of carboxylic acids is 1. The van der Waals surface area contributed by atoms with Crippen molar-refractivity contribution in [3.05, 3.63) is 11.8 Å². The summed E-state index contributed by atoms with van der Waals surface area (Å²) in [6.07, 6.45) is 3.49. The second-order valence-electron chi connectivity index (χ2n) is 4.09. The highest BCUT2D eigenvalue weighted by Crippen LogP contribution is 2.05. The van der Waals surface area contributed by atoms with E-state index in [4.69, 9.17) is 5.11 Å². The Morgan fingerprint density at radius 2 is 2.00 bits per heavy atom. The van der Waals surface area contributed by atoms with Crippen molar-refractivity contribution in [2.45, 2.75) is 46.1 Å². The van der Waals surface area contributed by atoms with Crippen molar-refractivity contribution in [2.75, 3.05) is 0 Å². The van der Waals surface area contributed by atoms with Gasteiger partial charge in [-0.15, -0.1) is 0 Å². The van der Waals surface area contributed by atoms with E-state index in [1.165, 1.54) is 0 Å². The van der Waals surface area contributed by atoms with Crippen molar-refractivity contribution in [1.82, 2.24) is 5.32 Å². The molecule has 0 radical (unpaired) electrons. The molecule has 0 aromatic heterocycles. The molecule has 0 spiro atoms. The molecule has 0 unspecified atom stereocenters. The van der Waals surface area contributed by atoms with Crippen LogP contribution in [0.3, 0.4) is 0 Å². The van der Waals surface area contributed by atoms with Crippen LogP contribution in [-0.2, 0) is 4.79 Å². The maximum Gasteiger partial charge on any atom is 0.351 e. The van der Waals surface area contributed by atoms with E-state index in [0.29, 0.717) is 5.70 Å². The molecule has 0 fully saturated rings. The van der Waals surface area contributed by atoms with Gasteiger partial charge >= 0.3 is 5.97 Å². The van der Waals surface area contributed by atoms with Gasteiger partial charge in [0, 0.05) is 5.54 Å². The fourth-order valence-electron chi connectivity index (χ4n) is 0.884. The monoisotopic (exact) mass is 185 g/mol. The third-order valence-corrected chi connectivity index (χ3v) is 1.38. The summed E-state index contributed by atoms with van der Waals surface area (Å²) in [6, 6.07) is 0. The first kappa shape index (κ1) is 12.0.